The maximum atomic E-state index is 13.9. The van der Waals surface area contributed by atoms with Crippen molar-refractivity contribution in [1.82, 2.24) is 0 Å². The Balaban J connectivity index is 2.03. The van der Waals surface area contributed by atoms with Crippen LogP contribution in [-0.4, -0.2) is 55.5 Å². The van der Waals surface area contributed by atoms with Gasteiger partial charge in [0.1, 0.15) is 5.75 Å². The molecule has 1 fully saturated rings. The van der Waals surface area contributed by atoms with Gasteiger partial charge < -0.3 is 19.1 Å². The van der Waals surface area contributed by atoms with Crippen molar-refractivity contribution in [2.75, 3.05) is 29.6 Å². The SMILES string of the molecule is CCCN(C(C)=O)c1ccc(C(=O)CC(=O)c2c(OC3CCCCO3)cccc2N(C(=O)OCC)C(=O)C(C)(C)C)cc1. The summed E-state index contributed by atoms with van der Waals surface area (Å²) in [7, 11) is 0. The summed E-state index contributed by atoms with van der Waals surface area (Å²) < 4.78 is 17.0. The average molecular weight is 595 g/mol. The molecule has 2 aromatic carbocycles. The summed E-state index contributed by atoms with van der Waals surface area (Å²) in [4.78, 5) is 68.5. The molecular weight excluding hydrogens is 552 g/mol. The van der Waals surface area contributed by atoms with Crippen LogP contribution in [0.15, 0.2) is 42.5 Å². The molecule has 0 aliphatic carbocycles. The molecule has 1 aliphatic heterocycles. The van der Waals surface area contributed by atoms with Crippen molar-refractivity contribution in [2.24, 2.45) is 5.41 Å². The maximum Gasteiger partial charge on any atom is 0.421 e. The highest BCUT2D eigenvalue weighted by atomic mass is 16.7. The first-order valence-corrected chi connectivity index (χ1v) is 14.8. The van der Waals surface area contributed by atoms with Crippen molar-refractivity contribution < 1.29 is 38.2 Å². The molecule has 0 radical (unpaired) electrons. The predicted octanol–water partition coefficient (Wildman–Crippen LogP) is 6.35. The molecule has 2 aromatic rings. The molecule has 10 heteroatoms. The Bertz CT molecular complexity index is 1320. The highest BCUT2D eigenvalue weighted by Gasteiger charge is 2.37. The van der Waals surface area contributed by atoms with Crippen LogP contribution in [-0.2, 0) is 19.1 Å². The lowest BCUT2D eigenvalue weighted by molar-refractivity contribution is -0.125. The second kappa shape index (κ2) is 14.9. The van der Waals surface area contributed by atoms with E-state index < -0.39 is 41.7 Å². The molecule has 0 N–H and O–H groups in total. The molecule has 0 aromatic heterocycles. The topological polar surface area (TPSA) is 120 Å². The van der Waals surface area contributed by atoms with E-state index in [1.165, 1.54) is 13.0 Å². The highest BCUT2D eigenvalue weighted by molar-refractivity contribution is 6.21. The Kier molecular flexibility index (Phi) is 11.6. The summed E-state index contributed by atoms with van der Waals surface area (Å²) in [5, 5.41) is 0. The van der Waals surface area contributed by atoms with Gasteiger partial charge in [-0.1, -0.05) is 33.8 Å². The van der Waals surface area contributed by atoms with Crippen molar-refractivity contribution in [3.63, 3.8) is 0 Å². The van der Waals surface area contributed by atoms with Crippen molar-refractivity contribution >= 4 is 40.8 Å². The first-order chi connectivity index (χ1) is 20.4. The zero-order valence-corrected chi connectivity index (χ0v) is 25.9. The number of ketones is 2. The lowest BCUT2D eigenvalue weighted by Gasteiger charge is -2.30. The molecule has 3 amide bonds. The summed E-state index contributed by atoms with van der Waals surface area (Å²) >= 11 is 0. The molecule has 10 nitrogen and oxygen atoms in total. The average Bonchev–Trinajstić information content (AvgIpc) is 2.96. The van der Waals surface area contributed by atoms with Crippen molar-refractivity contribution in [2.45, 2.75) is 79.9 Å². The fourth-order valence-corrected chi connectivity index (χ4v) is 4.70. The number of benzene rings is 2. The number of anilines is 2. The molecule has 0 spiro atoms. The number of carbonyl (C=O) groups excluding carboxylic acids is 5. The monoisotopic (exact) mass is 594 g/mol. The normalized spacial score (nSPS) is 14.9. The first-order valence-electron chi connectivity index (χ1n) is 14.8. The van der Waals surface area contributed by atoms with Crippen molar-refractivity contribution in [1.29, 1.82) is 0 Å². The Morgan fingerprint density at radius 3 is 2.21 bits per heavy atom. The van der Waals surface area contributed by atoms with Crippen LogP contribution < -0.4 is 14.5 Å². The fraction of sp³-hybridized carbons (Fsp3) is 0.485. The number of hydrogen-bond donors (Lipinski definition) is 0. The van der Waals surface area contributed by atoms with Gasteiger partial charge in [-0.3, -0.25) is 19.2 Å². The first kappa shape index (κ1) is 33.5. The standard InChI is InChI=1S/C33H42N2O8/c1-7-19-34(22(3)36)24-17-15-23(16-18-24)26(37)21-27(38)30-25(35(32(40)41-8-2)31(39)33(4,5)6)12-11-13-28(30)43-29-14-9-10-20-42-29/h11-13,15-18,29H,7-10,14,19-21H2,1-6H3. The predicted molar refractivity (Wildman–Crippen MR) is 163 cm³/mol. The number of rotatable bonds is 11. The van der Waals surface area contributed by atoms with Crippen LogP contribution >= 0.6 is 0 Å². The van der Waals surface area contributed by atoms with Crippen LogP contribution in [0.3, 0.4) is 0 Å². The van der Waals surface area contributed by atoms with E-state index in [0.29, 0.717) is 25.3 Å². The van der Waals surface area contributed by atoms with E-state index in [4.69, 9.17) is 14.2 Å². The Morgan fingerprint density at radius 1 is 0.953 bits per heavy atom. The van der Waals surface area contributed by atoms with Crippen LogP contribution in [0.1, 0.15) is 94.4 Å². The second-order valence-electron chi connectivity index (χ2n) is 11.4. The van der Waals surface area contributed by atoms with E-state index in [9.17, 15) is 24.0 Å². The van der Waals surface area contributed by atoms with Gasteiger partial charge in [0.2, 0.25) is 11.8 Å². The van der Waals surface area contributed by atoms with Gasteiger partial charge in [0.15, 0.2) is 17.9 Å². The van der Waals surface area contributed by atoms with E-state index in [1.54, 1.807) is 69.0 Å². The van der Waals surface area contributed by atoms with Crippen LogP contribution in [0.5, 0.6) is 5.75 Å². The van der Waals surface area contributed by atoms with E-state index in [2.05, 4.69) is 0 Å². The molecule has 3 rings (SSSR count). The van der Waals surface area contributed by atoms with Crippen molar-refractivity contribution in [3.8, 4) is 5.75 Å². The number of hydrogen-bond acceptors (Lipinski definition) is 8. The third kappa shape index (κ3) is 8.50. The third-order valence-corrected chi connectivity index (χ3v) is 6.86. The number of ether oxygens (including phenoxy) is 3. The molecule has 43 heavy (non-hydrogen) atoms. The zero-order chi connectivity index (χ0) is 31.7. The van der Waals surface area contributed by atoms with E-state index in [1.807, 2.05) is 6.92 Å². The van der Waals surface area contributed by atoms with Crippen molar-refractivity contribution in [3.05, 3.63) is 53.6 Å². The summed E-state index contributed by atoms with van der Waals surface area (Å²) in [6.45, 7) is 11.1. The van der Waals surface area contributed by atoms with Gasteiger partial charge in [-0.05, 0) is 62.6 Å². The van der Waals surface area contributed by atoms with Gasteiger partial charge in [0, 0.05) is 36.6 Å². The minimum atomic E-state index is -1.00. The Hall–Kier alpha value is -4.05. The summed E-state index contributed by atoms with van der Waals surface area (Å²) in [6.07, 6.45) is 1.01. The number of carbonyl (C=O) groups is 5. The third-order valence-electron chi connectivity index (χ3n) is 6.86. The summed E-state index contributed by atoms with van der Waals surface area (Å²) in [5.41, 5.74) is -0.189. The number of Topliss-reactive ketones (excluding diaryl/α,β-unsaturated/α-hetero) is 2. The molecule has 1 unspecified atom stereocenters. The van der Waals surface area contributed by atoms with Crippen LogP contribution in [0, 0.1) is 5.41 Å². The van der Waals surface area contributed by atoms with E-state index >= 15 is 0 Å². The van der Waals surface area contributed by atoms with Gasteiger partial charge in [-0.25, -0.2) is 9.69 Å². The second-order valence-corrected chi connectivity index (χ2v) is 11.4. The largest absolute Gasteiger partial charge is 0.464 e. The van der Waals surface area contributed by atoms with Gasteiger partial charge in [0.25, 0.3) is 0 Å². The minimum absolute atomic E-state index is 0.00986. The molecule has 1 atom stereocenters. The molecule has 232 valence electrons. The van der Waals surface area contributed by atoms with Crippen LogP contribution in [0.2, 0.25) is 0 Å². The fourth-order valence-electron chi connectivity index (χ4n) is 4.70. The van der Waals surface area contributed by atoms with Crippen LogP contribution in [0.4, 0.5) is 16.2 Å². The molecule has 0 saturated carbocycles. The lowest BCUT2D eigenvalue weighted by Crippen LogP contribution is -2.45. The molecule has 0 bridgehead atoms. The van der Waals surface area contributed by atoms with Gasteiger partial charge in [0.05, 0.1) is 30.9 Å². The summed E-state index contributed by atoms with van der Waals surface area (Å²) in [6, 6.07) is 11.1. The molecule has 1 heterocycles. The van der Waals surface area contributed by atoms with E-state index in [0.717, 1.165) is 24.2 Å². The Morgan fingerprint density at radius 2 is 1.65 bits per heavy atom. The lowest BCUT2D eigenvalue weighted by atomic mass is 9.93. The number of nitrogens with zero attached hydrogens (tertiary/aromatic N) is 2. The number of amides is 3. The highest BCUT2D eigenvalue weighted by Crippen LogP contribution is 2.35. The summed E-state index contributed by atoms with van der Waals surface area (Å²) in [5.74, 6) is -1.71. The smallest absolute Gasteiger partial charge is 0.421 e. The molecule has 1 aliphatic rings. The van der Waals surface area contributed by atoms with Gasteiger partial charge >= 0.3 is 6.09 Å². The maximum absolute atomic E-state index is 13.9. The number of imide groups is 1. The van der Waals surface area contributed by atoms with Crippen LogP contribution in [0.25, 0.3) is 0 Å². The van der Waals surface area contributed by atoms with E-state index in [-0.39, 0.29) is 35.1 Å². The molecular formula is C33H42N2O8. The zero-order valence-electron chi connectivity index (χ0n) is 25.9. The Labute approximate surface area is 253 Å². The molecule has 1 saturated heterocycles. The minimum Gasteiger partial charge on any atom is -0.464 e. The quantitative estimate of drug-likeness (QED) is 0.218. The van der Waals surface area contributed by atoms with Gasteiger partial charge in [-0.2, -0.15) is 0 Å². The van der Waals surface area contributed by atoms with Gasteiger partial charge in [-0.15, -0.1) is 0 Å².